The Morgan fingerprint density at radius 1 is 1.06 bits per heavy atom. The Bertz CT molecular complexity index is 1060. The molecule has 0 aliphatic heterocycles. The zero-order valence-corrected chi connectivity index (χ0v) is 18.4. The van der Waals surface area contributed by atoms with Crippen LogP contribution in [-0.4, -0.2) is 51.3 Å². The van der Waals surface area contributed by atoms with Crippen molar-refractivity contribution in [3.8, 4) is 11.5 Å². The van der Waals surface area contributed by atoms with E-state index in [0.717, 1.165) is 15.9 Å². The topological polar surface area (TPSA) is 114 Å². The minimum Gasteiger partial charge on any atom is -0.490 e. The predicted octanol–water partition coefficient (Wildman–Crippen LogP) is 2.08. The molecule has 0 fully saturated rings. The molecule has 2 rings (SSSR count). The van der Waals surface area contributed by atoms with E-state index in [1.807, 2.05) is 6.92 Å². The number of nitrogens with zero attached hydrogens (tertiary/aromatic N) is 1. The molecule has 0 aliphatic carbocycles. The number of aryl methyl sites for hydroxylation is 1. The van der Waals surface area contributed by atoms with E-state index in [-0.39, 0.29) is 28.6 Å². The van der Waals surface area contributed by atoms with Gasteiger partial charge in [-0.15, -0.1) is 0 Å². The lowest BCUT2D eigenvalue weighted by atomic mass is 10.2. The fraction of sp³-hybridized carbons (Fsp3) is 0.300. The average Bonchev–Trinajstić information content (AvgIpc) is 2.73. The van der Waals surface area contributed by atoms with Crippen molar-refractivity contribution in [3.05, 3.63) is 53.6 Å². The molecule has 32 heavy (non-hydrogen) atoms. The second-order valence-electron chi connectivity index (χ2n) is 6.55. The normalized spacial score (nSPS) is 11.3. The molecule has 9 nitrogen and oxygen atoms in total. The summed E-state index contributed by atoms with van der Waals surface area (Å²) in [6.45, 7) is -0.0421. The number of alkyl halides is 2. The first-order valence-corrected chi connectivity index (χ1v) is 10.8. The molecule has 174 valence electrons. The van der Waals surface area contributed by atoms with Gasteiger partial charge in [0.25, 0.3) is 11.8 Å². The Balaban J connectivity index is 1.99. The number of benzene rings is 2. The van der Waals surface area contributed by atoms with Gasteiger partial charge in [-0.05, 0) is 44.2 Å². The van der Waals surface area contributed by atoms with Crippen LogP contribution in [0.4, 0.5) is 8.78 Å². The summed E-state index contributed by atoms with van der Waals surface area (Å²) >= 11 is 0. The van der Waals surface area contributed by atoms with Gasteiger partial charge in [0.1, 0.15) is 0 Å². The highest BCUT2D eigenvalue weighted by Crippen LogP contribution is 2.29. The van der Waals surface area contributed by atoms with Crippen molar-refractivity contribution < 1.29 is 36.3 Å². The molecule has 0 atom stereocenters. The number of carbonyl (C=O) groups excluding carboxylic acids is 2. The van der Waals surface area contributed by atoms with Gasteiger partial charge in [-0.1, -0.05) is 17.7 Å². The van der Waals surface area contributed by atoms with E-state index in [0.29, 0.717) is 0 Å². The van der Waals surface area contributed by atoms with Gasteiger partial charge in [0.05, 0.1) is 18.0 Å². The molecule has 0 heterocycles. The fourth-order valence-corrected chi connectivity index (χ4v) is 3.65. The summed E-state index contributed by atoms with van der Waals surface area (Å²) < 4.78 is 60.4. The van der Waals surface area contributed by atoms with Crippen LogP contribution >= 0.6 is 0 Å². The molecule has 12 heteroatoms. The molecule has 2 aromatic carbocycles. The number of halogens is 2. The number of amides is 2. The van der Waals surface area contributed by atoms with Crippen LogP contribution in [0.15, 0.2) is 47.4 Å². The molecule has 0 unspecified atom stereocenters. The van der Waals surface area contributed by atoms with Gasteiger partial charge < -0.3 is 9.47 Å². The number of hydrogen-bond donors (Lipinski definition) is 2. The van der Waals surface area contributed by atoms with Crippen molar-refractivity contribution in [2.24, 2.45) is 0 Å². The number of carbonyl (C=O) groups is 2. The first-order valence-electron chi connectivity index (χ1n) is 9.38. The third-order valence-corrected chi connectivity index (χ3v) is 5.95. The Morgan fingerprint density at radius 2 is 1.72 bits per heavy atom. The van der Waals surface area contributed by atoms with E-state index in [1.54, 1.807) is 19.1 Å². The van der Waals surface area contributed by atoms with Crippen LogP contribution in [0.25, 0.3) is 0 Å². The molecular formula is C20H23F2N3O6S. The minimum atomic E-state index is -3.90. The predicted molar refractivity (Wildman–Crippen MR) is 111 cm³/mol. The third kappa shape index (κ3) is 6.62. The summed E-state index contributed by atoms with van der Waals surface area (Å²) in [6.07, 6.45) is 0. The van der Waals surface area contributed by atoms with Crippen LogP contribution in [0, 0.1) is 6.92 Å². The van der Waals surface area contributed by atoms with Gasteiger partial charge in [-0.25, -0.2) is 8.42 Å². The summed E-state index contributed by atoms with van der Waals surface area (Å²) in [5.74, 6) is -1.88. The Labute approximate surface area is 184 Å². The first kappa shape index (κ1) is 25.0. The maximum Gasteiger partial charge on any atom is 0.387 e. The highest BCUT2D eigenvalue weighted by Gasteiger charge is 2.23. The Kier molecular flexibility index (Phi) is 8.49. The van der Waals surface area contributed by atoms with Crippen molar-refractivity contribution >= 4 is 21.8 Å². The van der Waals surface area contributed by atoms with E-state index >= 15 is 0 Å². The zero-order valence-electron chi connectivity index (χ0n) is 17.6. The van der Waals surface area contributed by atoms with Gasteiger partial charge in [-0.2, -0.15) is 13.1 Å². The monoisotopic (exact) mass is 471 g/mol. The third-order valence-electron chi connectivity index (χ3n) is 4.13. The summed E-state index contributed by atoms with van der Waals surface area (Å²) in [5, 5.41) is 0. The van der Waals surface area contributed by atoms with Crippen LogP contribution in [0.2, 0.25) is 0 Å². The quantitative estimate of drug-likeness (QED) is 0.542. The van der Waals surface area contributed by atoms with Crippen molar-refractivity contribution in [3.63, 3.8) is 0 Å². The molecule has 0 aromatic heterocycles. The van der Waals surface area contributed by atoms with Gasteiger partial charge in [0.15, 0.2) is 11.5 Å². The van der Waals surface area contributed by atoms with E-state index in [9.17, 15) is 26.8 Å². The van der Waals surface area contributed by atoms with Crippen molar-refractivity contribution in [1.82, 2.24) is 15.2 Å². The summed E-state index contributed by atoms with van der Waals surface area (Å²) in [7, 11) is -2.67. The van der Waals surface area contributed by atoms with Crippen LogP contribution in [0.3, 0.4) is 0 Å². The van der Waals surface area contributed by atoms with Gasteiger partial charge >= 0.3 is 6.61 Å². The molecule has 0 aliphatic rings. The van der Waals surface area contributed by atoms with E-state index < -0.39 is 35.0 Å². The number of hydrazine groups is 1. The highest BCUT2D eigenvalue weighted by atomic mass is 32.2. The van der Waals surface area contributed by atoms with Crippen LogP contribution in [0.1, 0.15) is 22.8 Å². The maximum atomic E-state index is 12.5. The van der Waals surface area contributed by atoms with Crippen LogP contribution in [0.5, 0.6) is 11.5 Å². The maximum absolute atomic E-state index is 12.5. The molecule has 0 spiro atoms. The fourth-order valence-electron chi connectivity index (χ4n) is 2.53. The molecule has 0 bridgehead atoms. The van der Waals surface area contributed by atoms with Gasteiger partial charge in [-0.3, -0.25) is 20.4 Å². The van der Waals surface area contributed by atoms with Crippen molar-refractivity contribution in [2.45, 2.75) is 25.4 Å². The number of likely N-dealkylation sites (N-methyl/N-ethyl adjacent to an activating group) is 1. The second-order valence-corrected chi connectivity index (χ2v) is 8.59. The molecule has 0 saturated carbocycles. The van der Waals surface area contributed by atoms with E-state index in [1.165, 1.54) is 31.3 Å². The zero-order chi connectivity index (χ0) is 23.9. The molecule has 0 radical (unpaired) electrons. The van der Waals surface area contributed by atoms with E-state index in [2.05, 4.69) is 15.6 Å². The smallest absolute Gasteiger partial charge is 0.387 e. The van der Waals surface area contributed by atoms with Crippen LogP contribution in [-0.2, 0) is 14.8 Å². The van der Waals surface area contributed by atoms with Crippen molar-refractivity contribution in [1.29, 1.82) is 0 Å². The minimum absolute atomic E-state index is 0.00371. The SMILES string of the molecule is CCOc1cc(C(=O)NNC(=O)CN(C)S(=O)(=O)c2ccc(C)cc2)ccc1OC(F)F. The second kappa shape index (κ2) is 10.9. The van der Waals surface area contributed by atoms with Crippen molar-refractivity contribution in [2.75, 3.05) is 20.2 Å². The number of hydrogen-bond acceptors (Lipinski definition) is 6. The molecule has 2 N–H and O–H groups in total. The Hall–Kier alpha value is -3.25. The van der Waals surface area contributed by atoms with Crippen LogP contribution < -0.4 is 20.3 Å². The average molecular weight is 471 g/mol. The van der Waals surface area contributed by atoms with Gasteiger partial charge in [0, 0.05) is 12.6 Å². The van der Waals surface area contributed by atoms with Gasteiger partial charge in [0.2, 0.25) is 10.0 Å². The lowest BCUT2D eigenvalue weighted by Crippen LogP contribution is -2.46. The molecule has 0 saturated heterocycles. The largest absolute Gasteiger partial charge is 0.490 e. The number of ether oxygens (including phenoxy) is 2. The number of nitrogens with one attached hydrogen (secondary N) is 2. The Morgan fingerprint density at radius 3 is 2.31 bits per heavy atom. The summed E-state index contributed by atoms with van der Waals surface area (Å²) in [4.78, 5) is 24.4. The highest BCUT2D eigenvalue weighted by molar-refractivity contribution is 7.89. The van der Waals surface area contributed by atoms with E-state index in [4.69, 9.17) is 4.74 Å². The lowest BCUT2D eigenvalue weighted by Gasteiger charge is -2.17. The lowest BCUT2D eigenvalue weighted by molar-refractivity contribution is -0.121. The molecule has 2 amide bonds. The first-order chi connectivity index (χ1) is 15.0. The number of rotatable bonds is 9. The number of sulfonamides is 1. The summed E-state index contributed by atoms with van der Waals surface area (Å²) in [5.41, 5.74) is 5.11. The molecule has 2 aromatic rings. The summed E-state index contributed by atoms with van der Waals surface area (Å²) in [6, 6.07) is 9.64. The standard InChI is InChI=1S/C20H23F2N3O6S/c1-4-30-17-11-14(7-10-16(17)31-20(21)22)19(27)24-23-18(26)12-25(3)32(28,29)15-8-5-13(2)6-9-15/h5-11,20H,4,12H2,1-3H3,(H,23,26)(H,24,27). The molecular weight excluding hydrogens is 448 g/mol.